The Morgan fingerprint density at radius 3 is 2.67 bits per heavy atom. The summed E-state index contributed by atoms with van der Waals surface area (Å²) in [6.45, 7) is 0. The van der Waals surface area contributed by atoms with E-state index in [0.29, 0.717) is 10.0 Å². The fourth-order valence-corrected chi connectivity index (χ4v) is 4.26. The van der Waals surface area contributed by atoms with E-state index in [4.69, 9.17) is 0 Å². The zero-order chi connectivity index (χ0) is 17.5. The van der Waals surface area contributed by atoms with Crippen LogP contribution in [0.4, 0.5) is 17.6 Å². The van der Waals surface area contributed by atoms with Gasteiger partial charge in [0, 0.05) is 6.42 Å². The number of halogens is 5. The maximum absolute atomic E-state index is 14.4. The molecular formula is C16H12BrF4NOS. The SMILES string of the molecule is O=C1CSC(c2cccc(C(F)(F)F)c2)N1C1=CC=C(Br)CC1F. The summed E-state index contributed by atoms with van der Waals surface area (Å²) in [7, 11) is 0. The largest absolute Gasteiger partial charge is 0.416 e. The van der Waals surface area contributed by atoms with Crippen LogP contribution in [0, 0.1) is 0 Å². The van der Waals surface area contributed by atoms with Crippen LogP contribution in [0.25, 0.3) is 0 Å². The molecule has 128 valence electrons. The Labute approximate surface area is 148 Å². The van der Waals surface area contributed by atoms with Crippen molar-refractivity contribution in [3.8, 4) is 0 Å². The van der Waals surface area contributed by atoms with Crippen molar-refractivity contribution in [3.05, 3.63) is 57.7 Å². The highest BCUT2D eigenvalue weighted by atomic mass is 79.9. The molecule has 1 amide bonds. The quantitative estimate of drug-likeness (QED) is 0.612. The molecule has 1 aliphatic heterocycles. The number of hydrogen-bond donors (Lipinski definition) is 0. The van der Waals surface area contributed by atoms with Crippen LogP contribution in [-0.4, -0.2) is 22.7 Å². The van der Waals surface area contributed by atoms with E-state index < -0.39 is 23.3 Å². The van der Waals surface area contributed by atoms with Crippen molar-refractivity contribution in [2.24, 2.45) is 0 Å². The number of allylic oxidation sites excluding steroid dienone is 4. The van der Waals surface area contributed by atoms with E-state index in [9.17, 15) is 22.4 Å². The molecule has 1 aromatic rings. The molecule has 3 rings (SSSR count). The van der Waals surface area contributed by atoms with Gasteiger partial charge in [-0.2, -0.15) is 13.2 Å². The van der Waals surface area contributed by atoms with Gasteiger partial charge in [0.15, 0.2) is 0 Å². The summed E-state index contributed by atoms with van der Waals surface area (Å²) in [5.41, 5.74) is -0.255. The lowest BCUT2D eigenvalue weighted by atomic mass is 10.1. The molecule has 1 saturated heterocycles. The van der Waals surface area contributed by atoms with Crippen molar-refractivity contribution in [1.82, 2.24) is 4.90 Å². The number of carbonyl (C=O) groups excluding carboxylic acids is 1. The van der Waals surface area contributed by atoms with E-state index in [1.807, 2.05) is 0 Å². The first-order chi connectivity index (χ1) is 11.3. The van der Waals surface area contributed by atoms with Crippen molar-refractivity contribution in [2.75, 3.05) is 5.75 Å². The minimum atomic E-state index is -4.46. The number of amides is 1. The summed E-state index contributed by atoms with van der Waals surface area (Å²) in [5.74, 6) is -0.196. The summed E-state index contributed by atoms with van der Waals surface area (Å²) in [6.07, 6.45) is -2.57. The molecule has 8 heteroatoms. The summed E-state index contributed by atoms with van der Waals surface area (Å²) in [4.78, 5) is 13.5. The summed E-state index contributed by atoms with van der Waals surface area (Å²) >= 11 is 4.41. The van der Waals surface area contributed by atoms with Crippen LogP contribution in [0.5, 0.6) is 0 Å². The van der Waals surface area contributed by atoms with Gasteiger partial charge in [-0.25, -0.2) is 4.39 Å². The molecule has 24 heavy (non-hydrogen) atoms. The van der Waals surface area contributed by atoms with E-state index in [2.05, 4.69) is 15.9 Å². The van der Waals surface area contributed by atoms with E-state index >= 15 is 0 Å². The molecule has 1 fully saturated rings. The van der Waals surface area contributed by atoms with Gasteiger partial charge in [0.1, 0.15) is 11.5 Å². The third-order valence-corrected chi connectivity index (χ3v) is 5.58. The van der Waals surface area contributed by atoms with Gasteiger partial charge in [-0.1, -0.05) is 34.1 Å². The van der Waals surface area contributed by atoms with Crippen LogP contribution in [0.1, 0.15) is 22.9 Å². The van der Waals surface area contributed by atoms with E-state index in [1.165, 1.54) is 34.9 Å². The van der Waals surface area contributed by atoms with Crippen LogP contribution in [-0.2, 0) is 11.0 Å². The molecule has 2 aliphatic rings. The van der Waals surface area contributed by atoms with Gasteiger partial charge < -0.3 is 0 Å². The third kappa shape index (κ3) is 3.39. The standard InChI is InChI=1S/C16H12BrF4NOS/c17-11-4-5-13(12(18)7-11)22-14(23)8-24-15(22)9-2-1-3-10(6-9)16(19,20)21/h1-6,12,15H,7-8H2. The van der Waals surface area contributed by atoms with Crippen LogP contribution < -0.4 is 0 Å². The van der Waals surface area contributed by atoms with E-state index in [0.717, 1.165) is 12.1 Å². The molecule has 1 aromatic carbocycles. The number of benzene rings is 1. The molecule has 1 heterocycles. The van der Waals surface area contributed by atoms with Crippen molar-refractivity contribution in [1.29, 1.82) is 0 Å². The average molecular weight is 422 g/mol. The molecule has 2 unspecified atom stereocenters. The van der Waals surface area contributed by atoms with E-state index in [1.54, 1.807) is 6.08 Å². The second-order valence-corrected chi connectivity index (χ2v) is 7.51. The summed E-state index contributed by atoms with van der Waals surface area (Å²) in [5, 5.41) is -0.658. The van der Waals surface area contributed by atoms with Gasteiger partial charge in [-0.3, -0.25) is 9.69 Å². The molecular weight excluding hydrogens is 410 g/mol. The molecule has 0 N–H and O–H groups in total. The predicted molar refractivity (Wildman–Crippen MR) is 88.1 cm³/mol. The van der Waals surface area contributed by atoms with Crippen LogP contribution in [0.2, 0.25) is 0 Å². The highest BCUT2D eigenvalue weighted by Crippen LogP contribution is 2.44. The fraction of sp³-hybridized carbons (Fsp3) is 0.312. The van der Waals surface area contributed by atoms with Gasteiger partial charge >= 0.3 is 6.18 Å². The number of carbonyl (C=O) groups is 1. The predicted octanol–water partition coefficient (Wildman–Crippen LogP) is 5.18. The number of rotatable bonds is 2. The second-order valence-electron chi connectivity index (χ2n) is 5.43. The van der Waals surface area contributed by atoms with Crippen LogP contribution >= 0.6 is 27.7 Å². The molecule has 1 aliphatic carbocycles. The second kappa shape index (κ2) is 6.55. The van der Waals surface area contributed by atoms with Gasteiger partial charge in [0.05, 0.1) is 17.0 Å². The van der Waals surface area contributed by atoms with Gasteiger partial charge in [-0.05, 0) is 28.3 Å². The fourth-order valence-electron chi connectivity index (χ4n) is 2.67. The minimum Gasteiger partial charge on any atom is -0.296 e. The lowest BCUT2D eigenvalue weighted by molar-refractivity contribution is -0.137. The van der Waals surface area contributed by atoms with Crippen molar-refractivity contribution < 1.29 is 22.4 Å². The zero-order valence-corrected chi connectivity index (χ0v) is 14.6. The normalized spacial score (nSPS) is 24.9. The Kier molecular flexibility index (Phi) is 4.79. The van der Waals surface area contributed by atoms with Crippen molar-refractivity contribution in [3.63, 3.8) is 0 Å². The highest BCUT2D eigenvalue weighted by Gasteiger charge is 2.39. The number of thioether (sulfide) groups is 1. The van der Waals surface area contributed by atoms with E-state index in [-0.39, 0.29) is 23.8 Å². The van der Waals surface area contributed by atoms with Crippen LogP contribution in [0.3, 0.4) is 0 Å². The van der Waals surface area contributed by atoms with Gasteiger partial charge in [-0.15, -0.1) is 11.8 Å². The molecule has 0 saturated carbocycles. The summed E-state index contributed by atoms with van der Waals surface area (Å²) < 4.78 is 53.8. The first-order valence-electron chi connectivity index (χ1n) is 7.08. The lowest BCUT2D eigenvalue weighted by Crippen LogP contribution is -2.33. The number of alkyl halides is 4. The highest BCUT2D eigenvalue weighted by molar-refractivity contribution is 9.11. The molecule has 0 radical (unpaired) electrons. The molecule has 0 aromatic heterocycles. The Morgan fingerprint density at radius 2 is 2.00 bits per heavy atom. The smallest absolute Gasteiger partial charge is 0.296 e. The lowest BCUT2D eigenvalue weighted by Gasteiger charge is -2.30. The van der Waals surface area contributed by atoms with Crippen molar-refractivity contribution >= 4 is 33.6 Å². The molecule has 0 bridgehead atoms. The Bertz CT molecular complexity index is 731. The Balaban J connectivity index is 1.97. The third-order valence-electron chi connectivity index (χ3n) is 3.78. The maximum atomic E-state index is 14.4. The van der Waals surface area contributed by atoms with Crippen LogP contribution in [0.15, 0.2) is 46.6 Å². The van der Waals surface area contributed by atoms with Gasteiger partial charge in [0.25, 0.3) is 0 Å². The first kappa shape index (κ1) is 17.5. The molecule has 0 spiro atoms. The number of hydrogen-bond acceptors (Lipinski definition) is 2. The monoisotopic (exact) mass is 421 g/mol. The molecule has 2 nitrogen and oxygen atoms in total. The maximum Gasteiger partial charge on any atom is 0.416 e. The minimum absolute atomic E-state index is 0.107. The summed E-state index contributed by atoms with van der Waals surface area (Å²) in [6, 6.07) is 4.83. The topological polar surface area (TPSA) is 20.3 Å². The average Bonchev–Trinajstić information content (AvgIpc) is 2.88. The Hall–Kier alpha value is -1.28. The number of nitrogens with zero attached hydrogens (tertiary/aromatic N) is 1. The zero-order valence-electron chi connectivity index (χ0n) is 12.2. The van der Waals surface area contributed by atoms with Gasteiger partial charge in [0.2, 0.25) is 5.91 Å². The van der Waals surface area contributed by atoms with Crippen molar-refractivity contribution in [2.45, 2.75) is 24.1 Å². The Morgan fingerprint density at radius 1 is 1.25 bits per heavy atom. The first-order valence-corrected chi connectivity index (χ1v) is 8.92. The molecule has 2 atom stereocenters.